The van der Waals surface area contributed by atoms with Gasteiger partial charge in [-0.25, -0.2) is 4.98 Å². The molecule has 3 N–H and O–H groups in total. The highest BCUT2D eigenvalue weighted by Crippen LogP contribution is 2.24. The van der Waals surface area contributed by atoms with Gasteiger partial charge in [0, 0.05) is 24.2 Å². The molecule has 0 aliphatic heterocycles. The van der Waals surface area contributed by atoms with Gasteiger partial charge >= 0.3 is 0 Å². The van der Waals surface area contributed by atoms with Crippen LogP contribution in [0.5, 0.6) is 0 Å². The summed E-state index contributed by atoms with van der Waals surface area (Å²) in [5, 5.41) is 31.6. The van der Waals surface area contributed by atoms with Crippen LogP contribution < -0.4 is 15.4 Å². The van der Waals surface area contributed by atoms with Gasteiger partial charge in [0.25, 0.3) is 0 Å². The van der Waals surface area contributed by atoms with Crippen LogP contribution in [-0.4, -0.2) is 31.9 Å². The smallest absolute Gasteiger partial charge is 0.185 e. The summed E-state index contributed by atoms with van der Waals surface area (Å²) in [4.78, 5) is 4.53. The lowest BCUT2D eigenvalue weighted by atomic mass is 10.1. The number of aromatic nitrogens is 4. The van der Waals surface area contributed by atoms with Gasteiger partial charge in [-0.15, -0.1) is 0 Å². The van der Waals surface area contributed by atoms with Crippen LogP contribution in [0.2, 0.25) is 0 Å². The van der Waals surface area contributed by atoms with E-state index in [1.807, 2.05) is 26.0 Å². The van der Waals surface area contributed by atoms with Crippen molar-refractivity contribution in [2.45, 2.75) is 25.9 Å². The number of aliphatic hydroxyl groups is 1. The molecule has 0 radical (unpaired) electrons. The Labute approximate surface area is 153 Å². The summed E-state index contributed by atoms with van der Waals surface area (Å²) < 4.78 is 3.20. The summed E-state index contributed by atoms with van der Waals surface area (Å²) in [7, 11) is 0. The zero-order valence-corrected chi connectivity index (χ0v) is 15.5. The monoisotopic (exact) mass is 406 g/mol. The van der Waals surface area contributed by atoms with Gasteiger partial charge in [0.15, 0.2) is 18.0 Å². The Hall–Kier alpha value is -2.39. The van der Waals surface area contributed by atoms with Crippen LogP contribution in [0.1, 0.15) is 19.4 Å². The molecule has 0 amide bonds. The summed E-state index contributed by atoms with van der Waals surface area (Å²) in [5.74, 6) is 1.33. The van der Waals surface area contributed by atoms with Crippen molar-refractivity contribution in [3.05, 3.63) is 52.0 Å². The molecule has 0 atom stereocenters. The molecule has 0 bridgehead atoms. The maximum absolute atomic E-state index is 11.4. The first-order valence-electron chi connectivity index (χ1n) is 7.73. The second kappa shape index (κ2) is 6.85. The molecule has 0 unspecified atom stereocenters. The van der Waals surface area contributed by atoms with Gasteiger partial charge in [0.1, 0.15) is 11.6 Å². The molecule has 8 nitrogen and oxygen atoms in total. The van der Waals surface area contributed by atoms with Crippen LogP contribution >= 0.6 is 15.9 Å². The molecule has 0 aliphatic rings. The first kappa shape index (κ1) is 17.4. The van der Waals surface area contributed by atoms with Gasteiger partial charge in [-0.3, -0.25) is 0 Å². The average molecular weight is 407 g/mol. The quantitative estimate of drug-likeness (QED) is 0.426. The number of fused-ring (bicyclic) bond motifs is 1. The van der Waals surface area contributed by atoms with Gasteiger partial charge in [-0.1, -0.05) is 0 Å². The predicted octanol–water partition coefficient (Wildman–Crippen LogP) is 1.92. The minimum Gasteiger partial charge on any atom is -0.619 e. The number of aliphatic hydroxyl groups excluding tert-OH is 1. The van der Waals surface area contributed by atoms with Gasteiger partial charge in [0.2, 0.25) is 0 Å². The minimum absolute atomic E-state index is 0.0312. The van der Waals surface area contributed by atoms with E-state index in [0.29, 0.717) is 23.8 Å². The van der Waals surface area contributed by atoms with Gasteiger partial charge in [0.05, 0.1) is 22.8 Å². The Kier molecular flexibility index (Phi) is 4.78. The van der Waals surface area contributed by atoms with E-state index in [9.17, 15) is 10.3 Å². The van der Waals surface area contributed by atoms with Crippen molar-refractivity contribution in [3.63, 3.8) is 0 Å². The van der Waals surface area contributed by atoms with E-state index < -0.39 is 5.54 Å². The predicted molar refractivity (Wildman–Crippen MR) is 98.2 cm³/mol. The van der Waals surface area contributed by atoms with Crippen molar-refractivity contribution in [1.29, 1.82) is 0 Å². The second-order valence-electron chi connectivity index (χ2n) is 6.35. The minimum atomic E-state index is -0.511. The molecular formula is C16H19BrN6O2. The van der Waals surface area contributed by atoms with E-state index in [1.165, 1.54) is 12.4 Å². The maximum Gasteiger partial charge on any atom is 0.185 e. The second-order valence-corrected chi connectivity index (χ2v) is 7.20. The Morgan fingerprint density at radius 1 is 1.44 bits per heavy atom. The van der Waals surface area contributed by atoms with E-state index in [0.717, 1.165) is 14.8 Å². The number of hydrogen-bond donors (Lipinski definition) is 3. The van der Waals surface area contributed by atoms with Crippen LogP contribution in [0, 0.1) is 5.21 Å². The van der Waals surface area contributed by atoms with Crippen LogP contribution in [-0.2, 0) is 6.54 Å². The zero-order chi connectivity index (χ0) is 18.0. The summed E-state index contributed by atoms with van der Waals surface area (Å²) >= 11 is 3.44. The molecule has 3 heterocycles. The number of hydrogen-bond acceptors (Lipinski definition) is 6. The highest BCUT2D eigenvalue weighted by Gasteiger charge is 2.18. The van der Waals surface area contributed by atoms with E-state index in [1.54, 1.807) is 16.8 Å². The topological polar surface area (TPSA) is 101 Å². The number of nitrogens with one attached hydrogen (secondary N) is 2. The summed E-state index contributed by atoms with van der Waals surface area (Å²) in [6.45, 7) is 4.20. The lowest BCUT2D eigenvalue weighted by Gasteiger charge is -2.24. The molecule has 3 rings (SSSR count). The average Bonchev–Trinajstić information content (AvgIpc) is 2.94. The largest absolute Gasteiger partial charge is 0.619 e. The molecule has 9 heteroatoms. The maximum atomic E-state index is 11.4. The first-order valence-corrected chi connectivity index (χ1v) is 8.52. The molecular weight excluding hydrogens is 388 g/mol. The normalized spacial score (nSPS) is 11.7. The van der Waals surface area contributed by atoms with Gasteiger partial charge in [-0.2, -0.15) is 14.3 Å². The summed E-state index contributed by atoms with van der Waals surface area (Å²) in [6, 6.07) is 5.39. The lowest BCUT2D eigenvalue weighted by molar-refractivity contribution is -0.605. The SMILES string of the molecule is CC(C)(CO)Nc1cc(NCc2ccc[n+]([O-])c2)n2ncc(Br)c2n1. The molecule has 25 heavy (non-hydrogen) atoms. The van der Waals surface area contributed by atoms with E-state index in [-0.39, 0.29) is 6.61 Å². The fraction of sp³-hybridized carbons (Fsp3) is 0.312. The molecule has 0 fully saturated rings. The van der Waals surface area contributed by atoms with E-state index in [4.69, 9.17) is 0 Å². The molecule has 0 aliphatic carbocycles. The van der Waals surface area contributed by atoms with E-state index in [2.05, 4.69) is 36.6 Å². The van der Waals surface area contributed by atoms with Crippen molar-refractivity contribution in [2.75, 3.05) is 17.2 Å². The summed E-state index contributed by atoms with van der Waals surface area (Å²) in [5.41, 5.74) is 0.981. The Morgan fingerprint density at radius 3 is 2.96 bits per heavy atom. The van der Waals surface area contributed by atoms with Crippen molar-refractivity contribution in [3.8, 4) is 0 Å². The first-order chi connectivity index (χ1) is 11.9. The van der Waals surface area contributed by atoms with Crippen molar-refractivity contribution in [2.24, 2.45) is 0 Å². The number of pyridine rings is 1. The van der Waals surface area contributed by atoms with Crippen molar-refractivity contribution >= 4 is 33.2 Å². The number of anilines is 2. The van der Waals surface area contributed by atoms with Crippen LogP contribution in [0.25, 0.3) is 5.65 Å². The Morgan fingerprint density at radius 2 is 2.24 bits per heavy atom. The molecule has 0 saturated carbocycles. The highest BCUT2D eigenvalue weighted by molar-refractivity contribution is 9.10. The third-order valence-electron chi connectivity index (χ3n) is 3.60. The number of rotatable bonds is 6. The zero-order valence-electron chi connectivity index (χ0n) is 13.9. The Balaban J connectivity index is 1.92. The van der Waals surface area contributed by atoms with Gasteiger partial charge in [-0.05, 0) is 35.8 Å². The standard InChI is InChI=1S/C16H19BrN6O2/c1-16(2,10-24)21-13-6-14(23-15(20-13)12(17)8-19-23)18-7-11-4-3-5-22(25)9-11/h3-6,8-9,18,24H,7,10H2,1-2H3,(H,20,21). The fourth-order valence-corrected chi connectivity index (χ4v) is 2.66. The lowest BCUT2D eigenvalue weighted by Crippen LogP contribution is -2.35. The van der Waals surface area contributed by atoms with Crippen LogP contribution in [0.3, 0.4) is 0 Å². The summed E-state index contributed by atoms with van der Waals surface area (Å²) in [6.07, 6.45) is 4.62. The molecule has 3 aromatic heterocycles. The third kappa shape index (κ3) is 3.99. The molecule has 0 aromatic carbocycles. The molecule has 132 valence electrons. The molecule has 0 saturated heterocycles. The fourth-order valence-electron chi connectivity index (χ4n) is 2.31. The molecule has 3 aromatic rings. The van der Waals surface area contributed by atoms with Crippen molar-refractivity contribution in [1.82, 2.24) is 14.6 Å². The number of nitrogens with zero attached hydrogens (tertiary/aromatic N) is 4. The highest BCUT2D eigenvalue weighted by atomic mass is 79.9. The Bertz CT molecular complexity index is 895. The third-order valence-corrected chi connectivity index (χ3v) is 4.16. The number of halogens is 1. The van der Waals surface area contributed by atoms with Crippen LogP contribution in [0.4, 0.5) is 11.6 Å². The molecule has 0 spiro atoms. The van der Waals surface area contributed by atoms with Crippen molar-refractivity contribution < 1.29 is 9.84 Å². The van der Waals surface area contributed by atoms with Gasteiger partial charge < -0.3 is 20.9 Å². The van der Waals surface area contributed by atoms with Crippen LogP contribution in [0.15, 0.2) is 41.3 Å². The van der Waals surface area contributed by atoms with E-state index >= 15 is 0 Å².